The highest BCUT2D eigenvalue weighted by molar-refractivity contribution is 7.89. The monoisotopic (exact) mass is 296 g/mol. The van der Waals surface area contributed by atoms with Gasteiger partial charge >= 0.3 is 0 Å². The Morgan fingerprint density at radius 2 is 2.10 bits per heavy atom. The molecule has 2 rings (SSSR count). The van der Waals surface area contributed by atoms with Crippen molar-refractivity contribution in [1.29, 1.82) is 0 Å². The minimum atomic E-state index is -3.66. The summed E-state index contributed by atoms with van der Waals surface area (Å²) in [5.41, 5.74) is 0. The summed E-state index contributed by atoms with van der Waals surface area (Å²) < 4.78 is 33.8. The number of sulfonamides is 1. The Morgan fingerprint density at radius 1 is 1.35 bits per heavy atom. The van der Waals surface area contributed by atoms with Crippen molar-refractivity contribution in [2.24, 2.45) is 0 Å². The highest BCUT2D eigenvalue weighted by Gasteiger charge is 2.19. The Morgan fingerprint density at radius 3 is 2.80 bits per heavy atom. The highest BCUT2D eigenvalue weighted by Crippen LogP contribution is 2.22. The standard InChI is InChI=1S/C12H16N4O3S/c1-3-16-9-13-15-12(16)8-14-20(17,18)11-7-5-4-6-10(11)19-2/h4-7,9,14H,3,8H2,1-2H3. The number of methoxy groups -OCH3 is 1. The molecule has 8 heteroatoms. The Hall–Kier alpha value is -1.93. The first-order chi connectivity index (χ1) is 9.58. The van der Waals surface area contributed by atoms with E-state index >= 15 is 0 Å². The van der Waals surface area contributed by atoms with Crippen molar-refractivity contribution in [3.8, 4) is 5.75 Å². The van der Waals surface area contributed by atoms with Crippen LogP contribution in [-0.2, 0) is 23.1 Å². The number of nitrogens with one attached hydrogen (secondary N) is 1. The second-order valence-electron chi connectivity index (χ2n) is 4.01. The van der Waals surface area contributed by atoms with Gasteiger partial charge in [-0.3, -0.25) is 0 Å². The van der Waals surface area contributed by atoms with E-state index in [1.807, 2.05) is 6.92 Å². The molecule has 0 amide bonds. The third-order valence-electron chi connectivity index (χ3n) is 2.82. The van der Waals surface area contributed by atoms with Crippen LogP contribution in [0.3, 0.4) is 0 Å². The molecular formula is C12H16N4O3S. The van der Waals surface area contributed by atoms with E-state index in [1.165, 1.54) is 13.2 Å². The normalized spacial score (nSPS) is 11.5. The highest BCUT2D eigenvalue weighted by atomic mass is 32.2. The average molecular weight is 296 g/mol. The summed E-state index contributed by atoms with van der Waals surface area (Å²) in [6.45, 7) is 2.69. The number of para-hydroxylation sites is 1. The number of nitrogens with zero attached hydrogens (tertiary/aromatic N) is 3. The van der Waals surface area contributed by atoms with Crippen LogP contribution in [0, 0.1) is 0 Å². The first-order valence-electron chi connectivity index (χ1n) is 6.08. The van der Waals surface area contributed by atoms with Crippen LogP contribution in [0.4, 0.5) is 0 Å². The van der Waals surface area contributed by atoms with Crippen molar-refractivity contribution in [1.82, 2.24) is 19.5 Å². The molecule has 108 valence electrons. The SMILES string of the molecule is CCn1cnnc1CNS(=O)(=O)c1ccccc1OC. The number of benzene rings is 1. The maximum Gasteiger partial charge on any atom is 0.244 e. The van der Waals surface area contributed by atoms with E-state index in [0.717, 1.165) is 0 Å². The summed E-state index contributed by atoms with van der Waals surface area (Å²) >= 11 is 0. The molecule has 0 unspecified atom stereocenters. The van der Waals surface area contributed by atoms with Crippen molar-refractivity contribution in [3.05, 3.63) is 36.4 Å². The maximum atomic E-state index is 12.3. The van der Waals surface area contributed by atoms with E-state index in [1.54, 1.807) is 29.1 Å². The average Bonchev–Trinajstić information content (AvgIpc) is 2.92. The zero-order chi connectivity index (χ0) is 14.6. The first-order valence-corrected chi connectivity index (χ1v) is 7.56. The van der Waals surface area contributed by atoms with Crippen molar-refractivity contribution in [3.63, 3.8) is 0 Å². The molecule has 20 heavy (non-hydrogen) atoms. The van der Waals surface area contributed by atoms with Crippen LogP contribution in [0.25, 0.3) is 0 Å². The van der Waals surface area contributed by atoms with Gasteiger partial charge in [-0.05, 0) is 19.1 Å². The predicted molar refractivity (Wildman–Crippen MR) is 72.7 cm³/mol. The number of ether oxygens (including phenoxy) is 1. The largest absolute Gasteiger partial charge is 0.495 e. The summed E-state index contributed by atoms with van der Waals surface area (Å²) in [6, 6.07) is 6.45. The van der Waals surface area contributed by atoms with Crippen LogP contribution in [-0.4, -0.2) is 30.3 Å². The van der Waals surface area contributed by atoms with Crippen molar-refractivity contribution >= 4 is 10.0 Å². The van der Waals surface area contributed by atoms with Crippen molar-refractivity contribution < 1.29 is 13.2 Å². The van der Waals surface area contributed by atoms with E-state index < -0.39 is 10.0 Å². The lowest BCUT2D eigenvalue weighted by atomic mass is 10.3. The molecule has 0 radical (unpaired) electrons. The summed E-state index contributed by atoms with van der Waals surface area (Å²) in [6.07, 6.45) is 1.56. The van der Waals surface area contributed by atoms with Crippen LogP contribution >= 0.6 is 0 Å². The molecule has 1 heterocycles. The van der Waals surface area contributed by atoms with Crippen molar-refractivity contribution in [2.45, 2.75) is 24.9 Å². The van der Waals surface area contributed by atoms with Gasteiger partial charge in [0.15, 0.2) is 0 Å². The van der Waals surface area contributed by atoms with Gasteiger partial charge in [-0.2, -0.15) is 0 Å². The lowest BCUT2D eigenvalue weighted by Gasteiger charge is -2.10. The van der Waals surface area contributed by atoms with E-state index in [2.05, 4.69) is 14.9 Å². The lowest BCUT2D eigenvalue weighted by Crippen LogP contribution is -2.25. The fourth-order valence-corrected chi connectivity index (χ4v) is 2.91. The van der Waals surface area contributed by atoms with E-state index in [9.17, 15) is 8.42 Å². The number of hydrogen-bond donors (Lipinski definition) is 1. The van der Waals surface area contributed by atoms with Gasteiger partial charge in [0.1, 0.15) is 22.8 Å². The van der Waals surface area contributed by atoms with Crippen LogP contribution in [0.15, 0.2) is 35.5 Å². The molecule has 1 aromatic heterocycles. The molecule has 0 saturated heterocycles. The number of hydrogen-bond acceptors (Lipinski definition) is 5. The van der Waals surface area contributed by atoms with Gasteiger partial charge in [0.2, 0.25) is 10.0 Å². The van der Waals surface area contributed by atoms with Gasteiger partial charge < -0.3 is 9.30 Å². The topological polar surface area (TPSA) is 86.1 Å². The Labute approximate surface area is 117 Å². The summed E-state index contributed by atoms with van der Waals surface area (Å²) in [5.74, 6) is 0.864. The van der Waals surface area contributed by atoms with E-state index in [-0.39, 0.29) is 11.4 Å². The third-order valence-corrected chi connectivity index (χ3v) is 4.26. The molecule has 7 nitrogen and oxygen atoms in total. The fraction of sp³-hybridized carbons (Fsp3) is 0.333. The molecule has 0 spiro atoms. The Kier molecular flexibility index (Phi) is 4.35. The van der Waals surface area contributed by atoms with Crippen LogP contribution in [0.5, 0.6) is 5.75 Å². The second-order valence-corrected chi connectivity index (χ2v) is 5.74. The van der Waals surface area contributed by atoms with Gasteiger partial charge in [-0.1, -0.05) is 12.1 Å². The van der Waals surface area contributed by atoms with Gasteiger partial charge in [0, 0.05) is 6.54 Å². The molecule has 0 fully saturated rings. The predicted octanol–water partition coefficient (Wildman–Crippen LogP) is 0.785. The molecule has 0 saturated carbocycles. The van der Waals surface area contributed by atoms with Crippen LogP contribution < -0.4 is 9.46 Å². The summed E-state index contributed by atoms with van der Waals surface area (Å²) in [4.78, 5) is 0.102. The molecule has 0 atom stereocenters. The lowest BCUT2D eigenvalue weighted by molar-refractivity contribution is 0.402. The van der Waals surface area contributed by atoms with Gasteiger partial charge in [-0.15, -0.1) is 10.2 Å². The van der Waals surface area contributed by atoms with Crippen LogP contribution in [0.2, 0.25) is 0 Å². The molecule has 0 bridgehead atoms. The van der Waals surface area contributed by atoms with Gasteiger partial charge in [-0.25, -0.2) is 13.1 Å². The zero-order valence-electron chi connectivity index (χ0n) is 11.3. The number of aryl methyl sites for hydroxylation is 1. The smallest absolute Gasteiger partial charge is 0.244 e. The molecule has 1 aromatic carbocycles. The quantitative estimate of drug-likeness (QED) is 0.851. The zero-order valence-corrected chi connectivity index (χ0v) is 12.1. The van der Waals surface area contributed by atoms with E-state index in [0.29, 0.717) is 18.1 Å². The molecule has 0 aliphatic heterocycles. The molecular weight excluding hydrogens is 280 g/mol. The maximum absolute atomic E-state index is 12.3. The molecule has 0 aliphatic carbocycles. The van der Waals surface area contributed by atoms with Crippen LogP contribution in [0.1, 0.15) is 12.7 Å². The summed E-state index contributed by atoms with van der Waals surface area (Å²) in [7, 11) is -2.23. The van der Waals surface area contributed by atoms with Gasteiger partial charge in [0.25, 0.3) is 0 Å². The van der Waals surface area contributed by atoms with Crippen molar-refractivity contribution in [2.75, 3.05) is 7.11 Å². The summed E-state index contributed by atoms with van der Waals surface area (Å²) in [5, 5.41) is 7.63. The number of aromatic nitrogens is 3. The fourth-order valence-electron chi connectivity index (χ4n) is 1.76. The van der Waals surface area contributed by atoms with Gasteiger partial charge in [0.05, 0.1) is 13.7 Å². The minimum Gasteiger partial charge on any atom is -0.495 e. The first kappa shape index (κ1) is 14.5. The Balaban J connectivity index is 2.19. The molecule has 0 aliphatic rings. The molecule has 2 aromatic rings. The second kappa shape index (κ2) is 6.02. The third kappa shape index (κ3) is 2.97. The Bertz CT molecular complexity index is 682. The molecule has 1 N–H and O–H groups in total. The number of rotatable bonds is 6. The minimum absolute atomic E-state index is 0.0776. The van der Waals surface area contributed by atoms with E-state index in [4.69, 9.17) is 4.74 Å².